The lowest BCUT2D eigenvalue weighted by Gasteiger charge is -2.36. The van der Waals surface area contributed by atoms with Crippen LogP contribution in [0.3, 0.4) is 0 Å². The highest BCUT2D eigenvalue weighted by Crippen LogP contribution is 2.13. The molecule has 0 unspecified atom stereocenters. The highest BCUT2D eigenvalue weighted by atomic mass is 35.5. The average Bonchev–Trinajstić information content (AvgIpc) is 2.72. The van der Waals surface area contributed by atoms with Gasteiger partial charge in [0.1, 0.15) is 0 Å². The molecule has 0 aliphatic carbocycles. The van der Waals surface area contributed by atoms with Gasteiger partial charge in [-0.25, -0.2) is 0 Å². The zero-order valence-corrected chi connectivity index (χ0v) is 17.2. The SMILES string of the molecule is CN=C(NCCC1=CCOCC1)N1CCN(C(=O)Cc2cccc(Cl)c2)CC1. The van der Waals surface area contributed by atoms with Crippen molar-refractivity contribution in [3.8, 4) is 0 Å². The first-order valence-electron chi connectivity index (χ1n) is 9.89. The number of benzene rings is 1. The van der Waals surface area contributed by atoms with Crippen molar-refractivity contribution in [2.45, 2.75) is 19.3 Å². The minimum absolute atomic E-state index is 0.149. The molecule has 0 atom stereocenters. The highest BCUT2D eigenvalue weighted by Gasteiger charge is 2.23. The Kier molecular flexibility index (Phi) is 7.74. The van der Waals surface area contributed by atoms with Crippen LogP contribution in [-0.2, 0) is 16.0 Å². The van der Waals surface area contributed by atoms with Crippen LogP contribution in [0.5, 0.6) is 0 Å². The Labute approximate surface area is 172 Å². The molecule has 1 saturated heterocycles. The Bertz CT molecular complexity index is 727. The van der Waals surface area contributed by atoms with Gasteiger partial charge in [0.25, 0.3) is 0 Å². The number of nitrogens with zero attached hydrogens (tertiary/aromatic N) is 3. The fourth-order valence-electron chi connectivity index (χ4n) is 3.56. The van der Waals surface area contributed by atoms with Crippen molar-refractivity contribution >= 4 is 23.5 Å². The van der Waals surface area contributed by atoms with E-state index >= 15 is 0 Å². The Morgan fingerprint density at radius 2 is 2.04 bits per heavy atom. The molecule has 1 aromatic rings. The quantitative estimate of drug-likeness (QED) is 0.465. The summed E-state index contributed by atoms with van der Waals surface area (Å²) < 4.78 is 5.35. The van der Waals surface area contributed by atoms with Gasteiger partial charge in [0.15, 0.2) is 5.96 Å². The smallest absolute Gasteiger partial charge is 0.227 e. The normalized spacial score (nSPS) is 18.1. The molecule has 2 aliphatic heterocycles. The fourth-order valence-corrected chi connectivity index (χ4v) is 3.77. The summed E-state index contributed by atoms with van der Waals surface area (Å²) >= 11 is 6.01. The van der Waals surface area contributed by atoms with Crippen LogP contribution in [0, 0.1) is 0 Å². The summed E-state index contributed by atoms with van der Waals surface area (Å²) in [5, 5.41) is 4.12. The Morgan fingerprint density at radius 3 is 2.71 bits per heavy atom. The molecule has 1 aromatic carbocycles. The van der Waals surface area contributed by atoms with Crippen LogP contribution >= 0.6 is 11.6 Å². The third-order valence-corrected chi connectivity index (χ3v) is 5.41. The molecule has 28 heavy (non-hydrogen) atoms. The molecular formula is C21H29ClN4O2. The predicted molar refractivity (Wildman–Crippen MR) is 113 cm³/mol. The van der Waals surface area contributed by atoms with Gasteiger partial charge in [-0.1, -0.05) is 35.4 Å². The summed E-state index contributed by atoms with van der Waals surface area (Å²) in [5.74, 6) is 1.06. The van der Waals surface area contributed by atoms with E-state index in [0.29, 0.717) is 24.5 Å². The van der Waals surface area contributed by atoms with Crippen molar-refractivity contribution in [3.63, 3.8) is 0 Å². The van der Waals surface area contributed by atoms with Gasteiger partial charge in [0.2, 0.25) is 5.91 Å². The lowest BCUT2D eigenvalue weighted by atomic mass is 10.1. The molecule has 0 aromatic heterocycles. The van der Waals surface area contributed by atoms with Crippen LogP contribution in [0.15, 0.2) is 40.9 Å². The van der Waals surface area contributed by atoms with E-state index in [-0.39, 0.29) is 5.91 Å². The van der Waals surface area contributed by atoms with E-state index in [0.717, 1.165) is 57.2 Å². The summed E-state index contributed by atoms with van der Waals surface area (Å²) in [6.07, 6.45) is 4.61. The summed E-state index contributed by atoms with van der Waals surface area (Å²) in [6.45, 7) is 5.42. The van der Waals surface area contributed by atoms with Crippen LogP contribution in [0.25, 0.3) is 0 Å². The number of hydrogen-bond donors (Lipinski definition) is 1. The number of rotatable bonds is 5. The van der Waals surface area contributed by atoms with E-state index in [9.17, 15) is 4.79 Å². The van der Waals surface area contributed by atoms with E-state index in [1.807, 2.05) is 36.2 Å². The van der Waals surface area contributed by atoms with Crippen LogP contribution in [0.2, 0.25) is 5.02 Å². The molecule has 1 amide bonds. The van der Waals surface area contributed by atoms with E-state index in [1.54, 1.807) is 0 Å². The minimum atomic E-state index is 0.149. The van der Waals surface area contributed by atoms with Crippen LogP contribution < -0.4 is 5.32 Å². The maximum Gasteiger partial charge on any atom is 0.227 e. The molecule has 0 spiro atoms. The molecule has 2 heterocycles. The number of carbonyl (C=O) groups is 1. The second kappa shape index (κ2) is 10.5. The Hall–Kier alpha value is -2.05. The fraction of sp³-hybridized carbons (Fsp3) is 0.524. The van der Waals surface area contributed by atoms with Gasteiger partial charge in [-0.05, 0) is 30.5 Å². The van der Waals surface area contributed by atoms with E-state index in [1.165, 1.54) is 5.57 Å². The summed E-state index contributed by atoms with van der Waals surface area (Å²) in [7, 11) is 1.81. The minimum Gasteiger partial charge on any atom is -0.377 e. The van der Waals surface area contributed by atoms with Crippen molar-refractivity contribution in [1.29, 1.82) is 0 Å². The second-order valence-corrected chi connectivity index (χ2v) is 7.52. The summed E-state index contributed by atoms with van der Waals surface area (Å²) in [6, 6.07) is 7.51. The first kappa shape index (κ1) is 20.7. The molecule has 7 heteroatoms. The van der Waals surface area contributed by atoms with Gasteiger partial charge in [0.05, 0.1) is 19.6 Å². The Balaban J connectivity index is 1.42. The number of amides is 1. The van der Waals surface area contributed by atoms with Crippen LogP contribution in [0.4, 0.5) is 0 Å². The van der Waals surface area contributed by atoms with Crippen molar-refractivity contribution in [2.24, 2.45) is 4.99 Å². The number of aliphatic imine (C=N–C) groups is 1. The van der Waals surface area contributed by atoms with Gasteiger partial charge in [-0.2, -0.15) is 0 Å². The Morgan fingerprint density at radius 1 is 1.25 bits per heavy atom. The molecule has 6 nitrogen and oxygen atoms in total. The number of piperazine rings is 1. The molecule has 0 bridgehead atoms. The lowest BCUT2D eigenvalue weighted by Crippen LogP contribution is -2.54. The van der Waals surface area contributed by atoms with Gasteiger partial charge >= 0.3 is 0 Å². The van der Waals surface area contributed by atoms with Crippen molar-refractivity contribution in [2.75, 3.05) is 53.0 Å². The zero-order chi connectivity index (χ0) is 19.8. The first-order chi connectivity index (χ1) is 13.7. The largest absolute Gasteiger partial charge is 0.377 e. The number of carbonyl (C=O) groups excluding carboxylic acids is 1. The van der Waals surface area contributed by atoms with E-state index < -0.39 is 0 Å². The number of ether oxygens (including phenoxy) is 1. The molecule has 1 fully saturated rings. The van der Waals surface area contributed by atoms with Crippen LogP contribution in [0.1, 0.15) is 18.4 Å². The van der Waals surface area contributed by atoms with E-state index in [4.69, 9.17) is 16.3 Å². The first-order valence-corrected chi connectivity index (χ1v) is 10.3. The second-order valence-electron chi connectivity index (χ2n) is 7.09. The van der Waals surface area contributed by atoms with Gasteiger partial charge in [-0.15, -0.1) is 0 Å². The van der Waals surface area contributed by atoms with E-state index in [2.05, 4.69) is 21.3 Å². The standard InChI is InChI=1S/C21H29ClN4O2/c1-23-21(24-8-5-17-6-13-28-14-7-17)26-11-9-25(10-12-26)20(27)16-18-3-2-4-19(22)15-18/h2-4,6,15H,5,7-14,16H2,1H3,(H,23,24). The molecule has 0 radical (unpaired) electrons. The molecule has 0 saturated carbocycles. The number of nitrogens with one attached hydrogen (secondary N) is 1. The maximum atomic E-state index is 12.6. The van der Waals surface area contributed by atoms with Gasteiger partial charge < -0.3 is 19.9 Å². The van der Waals surface area contributed by atoms with Gasteiger partial charge in [-0.3, -0.25) is 9.79 Å². The maximum absolute atomic E-state index is 12.6. The van der Waals surface area contributed by atoms with Crippen molar-refractivity contribution < 1.29 is 9.53 Å². The molecule has 152 valence electrons. The number of hydrogen-bond acceptors (Lipinski definition) is 3. The number of halogens is 1. The third-order valence-electron chi connectivity index (χ3n) is 5.17. The molecule has 3 rings (SSSR count). The topological polar surface area (TPSA) is 57.2 Å². The molecule has 2 aliphatic rings. The lowest BCUT2D eigenvalue weighted by molar-refractivity contribution is -0.131. The highest BCUT2D eigenvalue weighted by molar-refractivity contribution is 6.30. The predicted octanol–water partition coefficient (Wildman–Crippen LogP) is 2.34. The number of guanidine groups is 1. The summed E-state index contributed by atoms with van der Waals surface area (Å²) in [5.41, 5.74) is 2.41. The third kappa shape index (κ3) is 5.97. The van der Waals surface area contributed by atoms with Crippen molar-refractivity contribution in [3.05, 3.63) is 46.5 Å². The monoisotopic (exact) mass is 404 g/mol. The van der Waals surface area contributed by atoms with Gasteiger partial charge in [0, 0.05) is 44.8 Å². The summed E-state index contributed by atoms with van der Waals surface area (Å²) in [4.78, 5) is 21.1. The average molecular weight is 405 g/mol. The van der Waals surface area contributed by atoms with Crippen molar-refractivity contribution in [1.82, 2.24) is 15.1 Å². The molecule has 1 N–H and O–H groups in total. The molecular weight excluding hydrogens is 376 g/mol. The zero-order valence-electron chi connectivity index (χ0n) is 16.5. The van der Waals surface area contributed by atoms with Crippen LogP contribution in [-0.4, -0.2) is 74.7 Å².